The fraction of sp³-hybridized carbons (Fsp3) is 0.0625. The van der Waals surface area contributed by atoms with Gasteiger partial charge >= 0.3 is 0 Å². The Labute approximate surface area is 144 Å². The lowest BCUT2D eigenvalue weighted by molar-refractivity contribution is -0.111. The Bertz CT molecular complexity index is 927. The van der Waals surface area contributed by atoms with Crippen molar-refractivity contribution in [2.24, 2.45) is 5.14 Å². The van der Waals surface area contributed by atoms with Crippen LogP contribution in [0.25, 0.3) is 6.08 Å². The summed E-state index contributed by atoms with van der Waals surface area (Å²) in [6.45, 7) is 1.60. The Hall–Kier alpha value is -2.22. The van der Waals surface area contributed by atoms with Crippen molar-refractivity contribution in [2.45, 2.75) is 11.8 Å². The molecule has 0 spiro atoms. The van der Waals surface area contributed by atoms with Crippen LogP contribution in [0.2, 0.25) is 5.02 Å². The van der Waals surface area contributed by atoms with Gasteiger partial charge in [0, 0.05) is 11.8 Å². The predicted octanol–water partition coefficient (Wildman–Crippen LogP) is 3.09. The number of carbonyl (C=O) groups is 1. The Morgan fingerprint density at radius 1 is 1.25 bits per heavy atom. The summed E-state index contributed by atoms with van der Waals surface area (Å²) in [5, 5.41) is 7.60. The topological polar surface area (TPSA) is 89.3 Å². The normalized spacial score (nSPS) is 11.7. The van der Waals surface area contributed by atoms with Crippen LogP contribution in [0.4, 0.5) is 10.1 Å². The number of halogens is 2. The number of amides is 1. The van der Waals surface area contributed by atoms with E-state index in [4.69, 9.17) is 16.7 Å². The fourth-order valence-electron chi connectivity index (χ4n) is 1.96. The van der Waals surface area contributed by atoms with Crippen LogP contribution >= 0.6 is 11.6 Å². The monoisotopic (exact) mass is 368 g/mol. The molecule has 8 heteroatoms. The summed E-state index contributed by atoms with van der Waals surface area (Å²) in [6, 6.07) is 8.42. The largest absolute Gasteiger partial charge is 0.322 e. The van der Waals surface area contributed by atoms with Gasteiger partial charge in [0.25, 0.3) is 0 Å². The number of hydrogen-bond donors (Lipinski definition) is 2. The van der Waals surface area contributed by atoms with Crippen molar-refractivity contribution in [2.75, 3.05) is 5.32 Å². The summed E-state index contributed by atoms with van der Waals surface area (Å²) in [5.74, 6) is -1.03. The minimum atomic E-state index is -3.88. The number of benzene rings is 2. The van der Waals surface area contributed by atoms with Gasteiger partial charge in [-0.05, 0) is 48.4 Å². The van der Waals surface area contributed by atoms with Crippen molar-refractivity contribution in [3.8, 4) is 0 Å². The number of sulfonamides is 1. The van der Waals surface area contributed by atoms with E-state index in [0.717, 1.165) is 0 Å². The molecule has 0 fully saturated rings. The van der Waals surface area contributed by atoms with Crippen molar-refractivity contribution in [3.63, 3.8) is 0 Å². The highest BCUT2D eigenvalue weighted by Gasteiger charge is 2.12. The first-order valence-corrected chi connectivity index (χ1v) is 8.67. The molecule has 24 heavy (non-hydrogen) atoms. The van der Waals surface area contributed by atoms with Crippen LogP contribution in [-0.4, -0.2) is 14.3 Å². The second kappa shape index (κ2) is 7.12. The number of primary sulfonamides is 1. The molecule has 0 radical (unpaired) electrons. The minimum absolute atomic E-state index is 0.0473. The molecule has 3 N–H and O–H groups in total. The molecule has 2 aromatic rings. The molecular weight excluding hydrogens is 355 g/mol. The van der Waals surface area contributed by atoms with Crippen LogP contribution in [0.15, 0.2) is 47.4 Å². The third kappa shape index (κ3) is 4.64. The lowest BCUT2D eigenvalue weighted by Crippen LogP contribution is -2.15. The second-order valence-corrected chi connectivity index (χ2v) is 6.96. The van der Waals surface area contributed by atoms with E-state index < -0.39 is 21.7 Å². The molecule has 5 nitrogen and oxygen atoms in total. The van der Waals surface area contributed by atoms with Crippen LogP contribution in [0, 0.1) is 12.7 Å². The summed E-state index contributed by atoms with van der Waals surface area (Å²) in [7, 11) is -3.88. The Morgan fingerprint density at radius 2 is 1.96 bits per heavy atom. The summed E-state index contributed by atoms with van der Waals surface area (Å²) < 4.78 is 36.0. The van der Waals surface area contributed by atoms with Gasteiger partial charge in [-0.1, -0.05) is 23.7 Å². The Balaban J connectivity index is 2.15. The average molecular weight is 369 g/mol. The molecule has 0 aliphatic heterocycles. The molecular formula is C16H14ClFN2O3S. The maximum atomic E-state index is 13.1. The standard InChI is InChI=1S/C16H14ClFN2O3S/c1-10-2-5-12(9-15(10)24(19,22)23)20-16(21)7-4-11-3-6-14(18)13(17)8-11/h2-9H,1H3,(H,20,21)(H2,19,22,23)/b7-4+. The highest BCUT2D eigenvalue weighted by atomic mass is 35.5. The quantitative estimate of drug-likeness (QED) is 0.812. The molecule has 0 unspecified atom stereocenters. The fourth-order valence-corrected chi connectivity index (χ4v) is 2.95. The highest BCUT2D eigenvalue weighted by Crippen LogP contribution is 2.19. The molecule has 0 bridgehead atoms. The van der Waals surface area contributed by atoms with Gasteiger partial charge in [0.15, 0.2) is 0 Å². The number of carbonyl (C=O) groups excluding carboxylic acids is 1. The summed E-state index contributed by atoms with van der Waals surface area (Å²) in [4.78, 5) is 11.8. The molecule has 1 amide bonds. The number of nitrogens with one attached hydrogen (secondary N) is 1. The highest BCUT2D eigenvalue weighted by molar-refractivity contribution is 7.89. The van der Waals surface area contributed by atoms with Crippen LogP contribution < -0.4 is 10.5 Å². The van der Waals surface area contributed by atoms with Gasteiger partial charge in [0.2, 0.25) is 15.9 Å². The van der Waals surface area contributed by atoms with Crippen LogP contribution in [0.1, 0.15) is 11.1 Å². The maximum Gasteiger partial charge on any atom is 0.248 e. The minimum Gasteiger partial charge on any atom is -0.322 e. The van der Waals surface area contributed by atoms with E-state index in [1.807, 2.05) is 0 Å². The van der Waals surface area contributed by atoms with Gasteiger partial charge in [-0.25, -0.2) is 17.9 Å². The van der Waals surface area contributed by atoms with E-state index in [0.29, 0.717) is 11.1 Å². The number of anilines is 1. The van der Waals surface area contributed by atoms with Crippen molar-refractivity contribution in [1.29, 1.82) is 0 Å². The van der Waals surface area contributed by atoms with Crippen LogP contribution in [0.3, 0.4) is 0 Å². The van der Waals surface area contributed by atoms with Crippen LogP contribution in [-0.2, 0) is 14.8 Å². The molecule has 0 saturated heterocycles. The van der Waals surface area contributed by atoms with Gasteiger partial charge < -0.3 is 5.32 Å². The molecule has 2 rings (SSSR count). The Morgan fingerprint density at radius 3 is 2.58 bits per heavy atom. The third-order valence-electron chi connectivity index (χ3n) is 3.13. The van der Waals surface area contributed by atoms with E-state index in [9.17, 15) is 17.6 Å². The molecule has 126 valence electrons. The van der Waals surface area contributed by atoms with Gasteiger partial charge in [0.1, 0.15) is 5.82 Å². The summed E-state index contributed by atoms with van der Waals surface area (Å²) in [5.41, 5.74) is 1.31. The average Bonchev–Trinajstić information content (AvgIpc) is 2.49. The zero-order valence-corrected chi connectivity index (χ0v) is 14.2. The van der Waals surface area contributed by atoms with E-state index in [1.54, 1.807) is 19.1 Å². The number of hydrogen-bond acceptors (Lipinski definition) is 3. The number of nitrogens with two attached hydrogens (primary N) is 1. The van der Waals surface area contributed by atoms with Crippen LogP contribution in [0.5, 0.6) is 0 Å². The van der Waals surface area contributed by atoms with Crippen molar-refractivity contribution in [1.82, 2.24) is 0 Å². The van der Waals surface area contributed by atoms with Gasteiger partial charge in [-0.2, -0.15) is 0 Å². The van der Waals surface area contributed by atoms with Gasteiger partial charge in [0.05, 0.1) is 9.92 Å². The summed E-state index contributed by atoms with van der Waals surface area (Å²) >= 11 is 5.66. The first-order chi connectivity index (χ1) is 11.2. The van der Waals surface area contributed by atoms with E-state index in [-0.39, 0.29) is 15.6 Å². The predicted molar refractivity (Wildman–Crippen MR) is 91.6 cm³/mol. The maximum absolute atomic E-state index is 13.1. The SMILES string of the molecule is Cc1ccc(NC(=O)/C=C/c2ccc(F)c(Cl)c2)cc1S(N)(=O)=O. The van der Waals surface area contributed by atoms with E-state index in [1.165, 1.54) is 36.4 Å². The summed E-state index contributed by atoms with van der Waals surface area (Å²) in [6.07, 6.45) is 2.68. The van der Waals surface area contributed by atoms with E-state index >= 15 is 0 Å². The third-order valence-corrected chi connectivity index (χ3v) is 4.48. The lowest BCUT2D eigenvalue weighted by atomic mass is 10.2. The molecule has 0 heterocycles. The molecule has 0 aliphatic rings. The molecule has 0 aliphatic carbocycles. The Kier molecular flexibility index (Phi) is 5.38. The second-order valence-electron chi connectivity index (χ2n) is 5.02. The van der Waals surface area contributed by atoms with Crippen molar-refractivity contribution in [3.05, 3.63) is 64.4 Å². The van der Waals surface area contributed by atoms with Crippen molar-refractivity contribution >= 4 is 39.3 Å². The molecule has 0 aromatic heterocycles. The van der Waals surface area contributed by atoms with E-state index in [2.05, 4.69) is 5.32 Å². The molecule has 0 atom stereocenters. The first kappa shape index (κ1) is 18.1. The number of rotatable bonds is 4. The molecule has 0 saturated carbocycles. The smallest absolute Gasteiger partial charge is 0.248 e. The van der Waals surface area contributed by atoms with Gasteiger partial charge in [-0.15, -0.1) is 0 Å². The van der Waals surface area contributed by atoms with Gasteiger partial charge in [-0.3, -0.25) is 4.79 Å². The molecule has 2 aromatic carbocycles. The zero-order chi connectivity index (χ0) is 17.9. The van der Waals surface area contributed by atoms with Crippen molar-refractivity contribution < 1.29 is 17.6 Å². The zero-order valence-electron chi connectivity index (χ0n) is 12.6. The number of aryl methyl sites for hydroxylation is 1. The lowest BCUT2D eigenvalue weighted by Gasteiger charge is -2.07. The first-order valence-electron chi connectivity index (χ1n) is 6.74.